The Morgan fingerprint density at radius 1 is 1.24 bits per heavy atom. The molecule has 3 nitrogen and oxygen atoms in total. The molecule has 1 N–H and O–H groups in total. The van der Waals surface area contributed by atoms with Gasteiger partial charge in [0.25, 0.3) is 0 Å². The van der Waals surface area contributed by atoms with Crippen molar-refractivity contribution < 1.29 is 0 Å². The first kappa shape index (κ1) is 16.4. The van der Waals surface area contributed by atoms with Crippen molar-refractivity contribution >= 4 is 0 Å². The summed E-state index contributed by atoms with van der Waals surface area (Å²) in [6.45, 7) is 9.10. The molecule has 1 heterocycles. The highest BCUT2D eigenvalue weighted by molar-refractivity contribution is 5.13. The van der Waals surface area contributed by atoms with E-state index in [9.17, 15) is 0 Å². The number of nitrogens with zero attached hydrogens (tertiary/aromatic N) is 2. The molecule has 1 fully saturated rings. The van der Waals surface area contributed by atoms with Crippen LogP contribution >= 0.6 is 0 Å². The molecule has 118 valence electrons. The van der Waals surface area contributed by atoms with E-state index in [-0.39, 0.29) is 0 Å². The molecule has 0 radical (unpaired) electrons. The van der Waals surface area contributed by atoms with Gasteiger partial charge in [-0.3, -0.25) is 0 Å². The molecule has 3 unspecified atom stereocenters. The second-order valence-electron chi connectivity index (χ2n) is 7.06. The van der Waals surface area contributed by atoms with Gasteiger partial charge in [0.05, 0.1) is 0 Å². The quantitative estimate of drug-likeness (QED) is 0.823. The second kappa shape index (κ2) is 8.47. The predicted molar refractivity (Wildman–Crippen MR) is 88.2 cm³/mol. The summed E-state index contributed by atoms with van der Waals surface area (Å²) in [6, 6.07) is 0. The van der Waals surface area contributed by atoms with Gasteiger partial charge in [-0.05, 0) is 55.2 Å². The molecule has 0 aliphatic heterocycles. The molecule has 0 amide bonds. The lowest BCUT2D eigenvalue weighted by molar-refractivity contribution is 0.218. The van der Waals surface area contributed by atoms with Gasteiger partial charge in [-0.1, -0.05) is 40.0 Å². The Morgan fingerprint density at radius 3 is 2.67 bits per heavy atom. The first-order chi connectivity index (χ1) is 10.2. The Bertz CT molecular complexity index is 391. The summed E-state index contributed by atoms with van der Waals surface area (Å²) in [6.07, 6.45) is 12.4. The van der Waals surface area contributed by atoms with E-state index in [0.717, 1.165) is 30.8 Å². The van der Waals surface area contributed by atoms with Crippen molar-refractivity contribution in [3.05, 3.63) is 24.3 Å². The van der Waals surface area contributed by atoms with E-state index in [4.69, 9.17) is 0 Å². The molecule has 3 atom stereocenters. The smallest absolute Gasteiger partial charge is 0.115 e. The molecule has 1 aliphatic rings. The lowest BCUT2D eigenvalue weighted by atomic mass is 9.70. The Labute approximate surface area is 130 Å². The van der Waals surface area contributed by atoms with E-state index >= 15 is 0 Å². The molecular formula is C18H31N3. The zero-order valence-electron chi connectivity index (χ0n) is 13.9. The molecule has 0 bridgehead atoms. The fraction of sp³-hybridized carbons (Fsp3) is 0.778. The van der Waals surface area contributed by atoms with Crippen LogP contribution in [0.3, 0.4) is 0 Å². The average molecular weight is 289 g/mol. The van der Waals surface area contributed by atoms with Crippen molar-refractivity contribution in [2.45, 2.75) is 58.8 Å². The van der Waals surface area contributed by atoms with Crippen LogP contribution < -0.4 is 5.32 Å². The first-order valence-electron chi connectivity index (χ1n) is 8.66. The van der Waals surface area contributed by atoms with E-state index in [1.165, 1.54) is 37.7 Å². The van der Waals surface area contributed by atoms with E-state index in [2.05, 4.69) is 36.1 Å². The number of hydrogen-bond acceptors (Lipinski definition) is 3. The Morgan fingerprint density at radius 2 is 2.00 bits per heavy atom. The van der Waals surface area contributed by atoms with Crippen LogP contribution in [0.25, 0.3) is 0 Å². The van der Waals surface area contributed by atoms with Crippen LogP contribution in [0.1, 0.15) is 64.4 Å². The van der Waals surface area contributed by atoms with Crippen LogP contribution in [0.4, 0.5) is 0 Å². The van der Waals surface area contributed by atoms with Crippen LogP contribution in [0, 0.1) is 17.8 Å². The molecule has 1 aromatic heterocycles. The molecule has 1 aliphatic carbocycles. The zero-order chi connectivity index (χ0) is 15.1. The molecule has 0 saturated heterocycles. The third kappa shape index (κ3) is 5.06. The van der Waals surface area contributed by atoms with Gasteiger partial charge >= 0.3 is 0 Å². The zero-order valence-corrected chi connectivity index (χ0v) is 13.9. The topological polar surface area (TPSA) is 37.8 Å². The van der Waals surface area contributed by atoms with Gasteiger partial charge in [0.2, 0.25) is 0 Å². The van der Waals surface area contributed by atoms with Crippen LogP contribution in [0.5, 0.6) is 0 Å². The maximum Gasteiger partial charge on any atom is 0.115 e. The van der Waals surface area contributed by atoms with Crippen LogP contribution in [-0.4, -0.2) is 23.1 Å². The minimum absolute atomic E-state index is 0.635. The van der Waals surface area contributed by atoms with Crippen molar-refractivity contribution in [2.75, 3.05) is 13.1 Å². The standard InChI is InChI=1S/C18H31N3/c1-4-5-15-6-7-16(10-19-9-14(2)3)18(8-15)17-11-20-13-21-12-17/h11-16,18-19H,4-10H2,1-3H3. The lowest BCUT2D eigenvalue weighted by Gasteiger charge is -2.36. The molecule has 1 aromatic rings. The predicted octanol–water partition coefficient (Wildman–Crippen LogP) is 4.02. The van der Waals surface area contributed by atoms with Gasteiger partial charge in [0, 0.05) is 12.4 Å². The van der Waals surface area contributed by atoms with Crippen LogP contribution in [0.2, 0.25) is 0 Å². The summed E-state index contributed by atoms with van der Waals surface area (Å²) >= 11 is 0. The minimum Gasteiger partial charge on any atom is -0.316 e. The monoisotopic (exact) mass is 289 g/mol. The van der Waals surface area contributed by atoms with Crippen molar-refractivity contribution in [1.82, 2.24) is 15.3 Å². The molecule has 2 rings (SSSR count). The third-order valence-corrected chi connectivity index (χ3v) is 4.77. The number of hydrogen-bond donors (Lipinski definition) is 1. The largest absolute Gasteiger partial charge is 0.316 e. The molecule has 3 heteroatoms. The van der Waals surface area contributed by atoms with Gasteiger partial charge in [0.15, 0.2) is 0 Å². The fourth-order valence-electron chi connectivity index (χ4n) is 3.70. The number of rotatable bonds is 7. The Kier molecular flexibility index (Phi) is 6.62. The van der Waals surface area contributed by atoms with Crippen molar-refractivity contribution in [3.8, 4) is 0 Å². The molecular weight excluding hydrogens is 258 g/mol. The highest BCUT2D eigenvalue weighted by Crippen LogP contribution is 2.41. The normalized spacial score (nSPS) is 26.2. The van der Waals surface area contributed by atoms with Crippen molar-refractivity contribution in [2.24, 2.45) is 17.8 Å². The van der Waals surface area contributed by atoms with Gasteiger partial charge in [-0.15, -0.1) is 0 Å². The van der Waals surface area contributed by atoms with E-state index in [0.29, 0.717) is 5.92 Å². The summed E-state index contributed by atoms with van der Waals surface area (Å²) in [5.74, 6) is 2.99. The minimum atomic E-state index is 0.635. The van der Waals surface area contributed by atoms with E-state index < -0.39 is 0 Å². The summed E-state index contributed by atoms with van der Waals surface area (Å²) < 4.78 is 0. The highest BCUT2D eigenvalue weighted by Gasteiger charge is 2.31. The highest BCUT2D eigenvalue weighted by atomic mass is 14.9. The molecule has 0 spiro atoms. The lowest BCUT2D eigenvalue weighted by Crippen LogP contribution is -2.33. The van der Waals surface area contributed by atoms with Gasteiger partial charge in [0.1, 0.15) is 6.33 Å². The van der Waals surface area contributed by atoms with Crippen molar-refractivity contribution in [1.29, 1.82) is 0 Å². The fourth-order valence-corrected chi connectivity index (χ4v) is 3.70. The summed E-state index contributed by atoms with van der Waals surface area (Å²) in [7, 11) is 0. The van der Waals surface area contributed by atoms with E-state index in [1.807, 2.05) is 12.4 Å². The van der Waals surface area contributed by atoms with Gasteiger partial charge in [-0.2, -0.15) is 0 Å². The summed E-state index contributed by atoms with van der Waals surface area (Å²) in [4.78, 5) is 8.48. The molecule has 1 saturated carbocycles. The Hall–Kier alpha value is -0.960. The molecule has 0 aromatic carbocycles. The summed E-state index contributed by atoms with van der Waals surface area (Å²) in [5.41, 5.74) is 1.34. The maximum atomic E-state index is 4.24. The van der Waals surface area contributed by atoms with Crippen LogP contribution in [0.15, 0.2) is 18.7 Å². The number of nitrogens with one attached hydrogen (secondary N) is 1. The van der Waals surface area contributed by atoms with Crippen molar-refractivity contribution in [3.63, 3.8) is 0 Å². The van der Waals surface area contributed by atoms with Crippen LogP contribution in [-0.2, 0) is 0 Å². The average Bonchev–Trinajstić information content (AvgIpc) is 2.49. The number of aromatic nitrogens is 2. The summed E-state index contributed by atoms with van der Waals surface area (Å²) in [5, 5.41) is 3.66. The first-order valence-corrected chi connectivity index (χ1v) is 8.66. The Balaban J connectivity index is 2.00. The second-order valence-corrected chi connectivity index (χ2v) is 7.06. The maximum absolute atomic E-state index is 4.24. The third-order valence-electron chi connectivity index (χ3n) is 4.77. The van der Waals surface area contributed by atoms with Gasteiger partial charge in [-0.25, -0.2) is 9.97 Å². The van der Waals surface area contributed by atoms with E-state index in [1.54, 1.807) is 6.33 Å². The van der Waals surface area contributed by atoms with Gasteiger partial charge < -0.3 is 5.32 Å². The molecule has 21 heavy (non-hydrogen) atoms. The SMILES string of the molecule is CCCC1CCC(CNCC(C)C)C(c2cncnc2)C1.